The van der Waals surface area contributed by atoms with E-state index in [4.69, 9.17) is 22.1 Å². The molecule has 0 saturated heterocycles. The molecule has 1 amide bonds. The highest BCUT2D eigenvalue weighted by atomic mass is 35.5. The molecule has 3 N–H and O–H groups in total. The first-order chi connectivity index (χ1) is 13.3. The number of nitrogens with zero attached hydrogens (tertiary/aromatic N) is 3. The quantitative estimate of drug-likeness (QED) is 0.650. The fraction of sp³-hybridized carbons (Fsp3) is 0.316. The number of rotatable bonds is 6. The standard InChI is InChI=1S/C19H21ClFN5O2/c1-19(2,9-21)26-15(20)13(14-16(22)23-10-24-17(14)26)18(27)25-12-6-4-11(5-7-12)8-28-3/h4-7,10H,8-9H2,1-3H3,(H,25,27)(H2,22,23,24). The van der Waals surface area contributed by atoms with Crippen LogP contribution in [0.15, 0.2) is 30.6 Å². The number of anilines is 2. The Kier molecular flexibility index (Phi) is 5.53. The zero-order chi connectivity index (χ0) is 20.5. The molecular formula is C19H21ClFN5O2. The van der Waals surface area contributed by atoms with Crippen LogP contribution in [0.4, 0.5) is 15.9 Å². The maximum absolute atomic E-state index is 13.7. The first-order valence-corrected chi connectivity index (χ1v) is 8.94. The highest BCUT2D eigenvalue weighted by molar-refractivity contribution is 6.36. The molecule has 148 valence electrons. The van der Waals surface area contributed by atoms with Gasteiger partial charge in [-0.25, -0.2) is 14.4 Å². The second-order valence-electron chi connectivity index (χ2n) is 6.99. The molecule has 0 radical (unpaired) electrons. The van der Waals surface area contributed by atoms with Crippen LogP contribution in [0.5, 0.6) is 0 Å². The number of halogens is 2. The van der Waals surface area contributed by atoms with Gasteiger partial charge in [0.15, 0.2) is 0 Å². The van der Waals surface area contributed by atoms with E-state index < -0.39 is 18.1 Å². The summed E-state index contributed by atoms with van der Waals surface area (Å²) in [7, 11) is 1.61. The highest BCUT2D eigenvalue weighted by Gasteiger charge is 2.32. The molecule has 28 heavy (non-hydrogen) atoms. The lowest BCUT2D eigenvalue weighted by Gasteiger charge is -2.24. The Morgan fingerprint density at radius 3 is 2.61 bits per heavy atom. The number of amides is 1. The Morgan fingerprint density at radius 1 is 1.32 bits per heavy atom. The van der Waals surface area contributed by atoms with Gasteiger partial charge in [-0.3, -0.25) is 4.79 Å². The van der Waals surface area contributed by atoms with Crippen molar-refractivity contribution in [1.29, 1.82) is 0 Å². The van der Waals surface area contributed by atoms with Gasteiger partial charge >= 0.3 is 0 Å². The molecule has 0 aliphatic rings. The number of nitrogens with one attached hydrogen (secondary N) is 1. The van der Waals surface area contributed by atoms with Gasteiger partial charge in [0.25, 0.3) is 5.91 Å². The van der Waals surface area contributed by atoms with E-state index in [2.05, 4.69) is 15.3 Å². The molecule has 0 bridgehead atoms. The highest BCUT2D eigenvalue weighted by Crippen LogP contribution is 2.37. The van der Waals surface area contributed by atoms with Crippen LogP contribution in [0.2, 0.25) is 5.15 Å². The summed E-state index contributed by atoms with van der Waals surface area (Å²) < 4.78 is 20.2. The van der Waals surface area contributed by atoms with Crippen LogP contribution in [-0.2, 0) is 16.9 Å². The lowest BCUT2D eigenvalue weighted by molar-refractivity contribution is 0.102. The summed E-state index contributed by atoms with van der Waals surface area (Å²) in [6, 6.07) is 7.19. The molecule has 9 heteroatoms. The average Bonchev–Trinajstić information content (AvgIpc) is 2.97. The Morgan fingerprint density at radius 2 is 2.00 bits per heavy atom. The van der Waals surface area contributed by atoms with Crippen LogP contribution < -0.4 is 11.1 Å². The third-order valence-corrected chi connectivity index (χ3v) is 4.76. The number of carbonyl (C=O) groups is 1. The van der Waals surface area contributed by atoms with Gasteiger partial charge in [-0.05, 0) is 31.5 Å². The summed E-state index contributed by atoms with van der Waals surface area (Å²) >= 11 is 6.51. The summed E-state index contributed by atoms with van der Waals surface area (Å²) in [4.78, 5) is 21.1. The molecule has 2 aromatic heterocycles. The number of hydrogen-bond donors (Lipinski definition) is 2. The minimum atomic E-state index is -1.02. The Labute approximate surface area is 166 Å². The van der Waals surface area contributed by atoms with Gasteiger partial charge in [0.1, 0.15) is 29.6 Å². The number of fused-ring (bicyclic) bond motifs is 1. The van der Waals surface area contributed by atoms with Gasteiger partial charge in [0.05, 0.1) is 23.1 Å². The number of hydrogen-bond acceptors (Lipinski definition) is 5. The molecule has 3 rings (SSSR count). The fourth-order valence-corrected chi connectivity index (χ4v) is 3.46. The average molecular weight is 406 g/mol. The van der Waals surface area contributed by atoms with Gasteiger partial charge < -0.3 is 20.4 Å². The number of alkyl halides is 1. The van der Waals surface area contributed by atoms with Gasteiger partial charge in [0.2, 0.25) is 0 Å². The second kappa shape index (κ2) is 7.73. The molecule has 0 saturated carbocycles. The van der Waals surface area contributed by atoms with Gasteiger partial charge in [-0.15, -0.1) is 0 Å². The number of methoxy groups -OCH3 is 1. The van der Waals surface area contributed by atoms with Crippen molar-refractivity contribution in [3.8, 4) is 0 Å². The maximum atomic E-state index is 13.7. The molecule has 2 heterocycles. The van der Waals surface area contributed by atoms with Crippen molar-refractivity contribution in [3.63, 3.8) is 0 Å². The number of nitrogens with two attached hydrogens (primary N) is 1. The van der Waals surface area contributed by atoms with E-state index >= 15 is 0 Å². The maximum Gasteiger partial charge on any atom is 0.259 e. The first kappa shape index (κ1) is 20.0. The van der Waals surface area contributed by atoms with Crippen molar-refractivity contribution in [1.82, 2.24) is 14.5 Å². The summed E-state index contributed by atoms with van der Waals surface area (Å²) in [6.07, 6.45) is 1.26. The molecular weight excluding hydrogens is 385 g/mol. The topological polar surface area (TPSA) is 95.1 Å². The minimum Gasteiger partial charge on any atom is -0.383 e. The predicted molar refractivity (Wildman–Crippen MR) is 107 cm³/mol. The largest absolute Gasteiger partial charge is 0.383 e. The molecule has 0 aliphatic carbocycles. The zero-order valence-electron chi connectivity index (χ0n) is 15.8. The van der Waals surface area contributed by atoms with Crippen LogP contribution in [0.3, 0.4) is 0 Å². The van der Waals surface area contributed by atoms with Crippen LogP contribution in [0, 0.1) is 0 Å². The lowest BCUT2D eigenvalue weighted by Crippen LogP contribution is -2.29. The number of benzene rings is 1. The van der Waals surface area contributed by atoms with E-state index in [1.807, 2.05) is 12.1 Å². The summed E-state index contributed by atoms with van der Waals surface area (Å²) in [6.45, 7) is 3.09. The van der Waals surface area contributed by atoms with Crippen LogP contribution in [0.1, 0.15) is 29.8 Å². The molecule has 0 aliphatic heterocycles. The van der Waals surface area contributed by atoms with Gasteiger partial charge in [-0.2, -0.15) is 0 Å². The smallest absolute Gasteiger partial charge is 0.259 e. The van der Waals surface area contributed by atoms with E-state index in [1.165, 1.54) is 10.9 Å². The van der Waals surface area contributed by atoms with Crippen molar-refractivity contribution in [2.45, 2.75) is 26.0 Å². The Bertz CT molecular complexity index is 1020. The summed E-state index contributed by atoms with van der Waals surface area (Å²) in [5.41, 5.74) is 6.94. The lowest BCUT2D eigenvalue weighted by atomic mass is 10.1. The molecule has 0 unspecified atom stereocenters. The van der Waals surface area contributed by atoms with Crippen molar-refractivity contribution in [3.05, 3.63) is 46.9 Å². The molecule has 0 spiro atoms. The SMILES string of the molecule is COCc1ccc(NC(=O)c2c(Cl)n(C(C)(C)CF)c3ncnc(N)c23)cc1. The monoisotopic (exact) mass is 405 g/mol. The van der Waals surface area contributed by atoms with Crippen molar-refractivity contribution < 1.29 is 13.9 Å². The van der Waals surface area contributed by atoms with E-state index in [9.17, 15) is 9.18 Å². The summed E-state index contributed by atoms with van der Waals surface area (Å²) in [5, 5.41) is 3.14. The number of aromatic nitrogens is 3. The van der Waals surface area contributed by atoms with Crippen molar-refractivity contribution in [2.75, 3.05) is 24.8 Å². The molecule has 3 aromatic rings. The van der Waals surface area contributed by atoms with Crippen LogP contribution in [0.25, 0.3) is 11.0 Å². The van der Waals surface area contributed by atoms with E-state index in [1.54, 1.807) is 33.1 Å². The van der Waals surface area contributed by atoms with Crippen LogP contribution in [-0.4, -0.2) is 34.2 Å². The summed E-state index contributed by atoms with van der Waals surface area (Å²) in [5.74, 6) is -0.384. The minimum absolute atomic E-state index is 0.0540. The number of nitrogen functional groups attached to an aromatic ring is 1. The van der Waals surface area contributed by atoms with E-state index in [0.717, 1.165) is 5.56 Å². The van der Waals surface area contributed by atoms with E-state index in [-0.39, 0.29) is 16.5 Å². The molecule has 0 fully saturated rings. The van der Waals surface area contributed by atoms with Crippen molar-refractivity contribution in [2.24, 2.45) is 0 Å². The van der Waals surface area contributed by atoms with Crippen LogP contribution >= 0.6 is 11.6 Å². The second-order valence-corrected chi connectivity index (χ2v) is 7.35. The number of ether oxygens (including phenoxy) is 1. The van der Waals surface area contributed by atoms with E-state index in [0.29, 0.717) is 23.3 Å². The third kappa shape index (κ3) is 3.53. The molecule has 1 aromatic carbocycles. The van der Waals surface area contributed by atoms with Crippen molar-refractivity contribution >= 4 is 40.0 Å². The molecule has 0 atom stereocenters. The first-order valence-electron chi connectivity index (χ1n) is 8.56. The van der Waals surface area contributed by atoms with Gasteiger partial charge in [0, 0.05) is 12.8 Å². The Hall–Kier alpha value is -2.71. The van der Waals surface area contributed by atoms with Gasteiger partial charge in [-0.1, -0.05) is 23.7 Å². The third-order valence-electron chi connectivity index (χ3n) is 4.40. The Balaban J connectivity index is 2.07. The molecule has 7 nitrogen and oxygen atoms in total. The normalized spacial score (nSPS) is 11.8. The number of carbonyl (C=O) groups excluding carboxylic acids is 1. The predicted octanol–water partition coefficient (Wildman–Crippen LogP) is 3.77. The zero-order valence-corrected chi connectivity index (χ0v) is 16.5. The fourth-order valence-electron chi connectivity index (χ4n) is 2.97.